The molecule has 0 atom stereocenters. The normalized spacial score (nSPS) is 11.4. The zero-order valence-corrected chi connectivity index (χ0v) is 16.2. The van der Waals surface area contributed by atoms with Crippen LogP contribution in [0.25, 0.3) is 0 Å². The lowest BCUT2D eigenvalue weighted by Crippen LogP contribution is -2.22. The Labute approximate surface area is 152 Å². The van der Waals surface area contributed by atoms with Gasteiger partial charge in [-0.05, 0) is 24.1 Å². The van der Waals surface area contributed by atoms with E-state index in [1.807, 2.05) is 12.1 Å². The highest BCUT2D eigenvalue weighted by Crippen LogP contribution is 2.19. The summed E-state index contributed by atoms with van der Waals surface area (Å²) in [6.45, 7) is 6.79. The summed E-state index contributed by atoms with van der Waals surface area (Å²) in [6.07, 6.45) is 1.03. The summed E-state index contributed by atoms with van der Waals surface area (Å²) in [5.41, 5.74) is 8.12. The fourth-order valence-electron chi connectivity index (χ4n) is 1.73. The molecule has 0 bridgehead atoms. The number of rotatable bonds is 5. The number of benzene rings is 1. The maximum atomic E-state index is 5.89. The van der Waals surface area contributed by atoms with Crippen molar-refractivity contribution in [2.45, 2.75) is 39.7 Å². The first-order chi connectivity index (χ1) is 10.1. The molecular weight excluding hydrogens is 409 g/mol. The molecule has 1 aromatic carbocycles. The second kappa shape index (κ2) is 9.04. The minimum Gasteiger partial charge on any atom is -0.370 e. The van der Waals surface area contributed by atoms with Crippen LogP contribution in [0.3, 0.4) is 0 Å². The van der Waals surface area contributed by atoms with Gasteiger partial charge < -0.3 is 11.1 Å². The van der Waals surface area contributed by atoms with Gasteiger partial charge in [-0.25, -0.2) is 4.99 Å². The molecule has 0 unspecified atom stereocenters. The number of hydrogen-bond donors (Lipinski definition) is 2. The van der Waals surface area contributed by atoms with E-state index in [0.29, 0.717) is 18.4 Å². The highest BCUT2D eigenvalue weighted by atomic mass is 127. The Kier molecular flexibility index (Phi) is 7.74. The monoisotopic (exact) mass is 431 g/mol. The third kappa shape index (κ3) is 5.53. The van der Waals surface area contributed by atoms with Crippen molar-refractivity contribution in [2.24, 2.45) is 10.7 Å². The van der Waals surface area contributed by atoms with E-state index in [2.05, 4.69) is 53.4 Å². The summed E-state index contributed by atoms with van der Waals surface area (Å²) in [5, 5.41) is 13.2. The number of nitrogens with two attached hydrogens (primary N) is 1. The number of aryl methyl sites for hydroxylation is 1. The molecule has 0 aliphatic heterocycles. The maximum Gasteiger partial charge on any atom is 0.193 e. The molecule has 0 amide bonds. The highest BCUT2D eigenvalue weighted by Gasteiger charge is 2.07. The molecule has 0 spiro atoms. The molecule has 2 aromatic rings. The largest absolute Gasteiger partial charge is 0.370 e. The van der Waals surface area contributed by atoms with Crippen LogP contribution in [0.5, 0.6) is 0 Å². The molecule has 120 valence electrons. The van der Waals surface area contributed by atoms with Crippen LogP contribution in [0, 0.1) is 0 Å². The first kappa shape index (κ1) is 18.8. The Morgan fingerprint density at radius 3 is 2.50 bits per heavy atom. The first-order valence-corrected chi connectivity index (χ1v) is 7.88. The van der Waals surface area contributed by atoms with Crippen LogP contribution in [0.15, 0.2) is 29.3 Å². The van der Waals surface area contributed by atoms with Crippen LogP contribution in [0.2, 0.25) is 0 Å². The summed E-state index contributed by atoms with van der Waals surface area (Å²) < 4.78 is 0. The van der Waals surface area contributed by atoms with E-state index in [0.717, 1.165) is 22.1 Å². The van der Waals surface area contributed by atoms with Crippen molar-refractivity contribution in [3.63, 3.8) is 0 Å². The Hall–Kier alpha value is -1.22. The zero-order chi connectivity index (χ0) is 15.2. The number of nitrogens with one attached hydrogen (secondary N) is 1. The summed E-state index contributed by atoms with van der Waals surface area (Å²) in [6, 6.07) is 8.16. The number of guanidine groups is 1. The van der Waals surface area contributed by atoms with Crippen molar-refractivity contribution in [2.75, 3.05) is 5.32 Å². The molecule has 0 aliphatic rings. The maximum absolute atomic E-state index is 5.89. The van der Waals surface area contributed by atoms with E-state index in [-0.39, 0.29) is 24.0 Å². The van der Waals surface area contributed by atoms with Gasteiger partial charge in [0.2, 0.25) is 0 Å². The second-order valence-electron chi connectivity index (χ2n) is 5.07. The van der Waals surface area contributed by atoms with E-state index in [4.69, 9.17) is 5.73 Å². The standard InChI is InChI=1S/C15H21N5S.HI/c1-4-11-5-7-12(8-6-11)18-15(16)17-9-13-19-20-14(21-13)10(2)3;/h5-8,10H,4,9H2,1-3H3,(H3,16,17,18);1H. The molecule has 0 saturated heterocycles. The van der Waals surface area contributed by atoms with Crippen molar-refractivity contribution in [3.8, 4) is 0 Å². The van der Waals surface area contributed by atoms with Crippen LogP contribution in [0.4, 0.5) is 5.69 Å². The van der Waals surface area contributed by atoms with Crippen LogP contribution in [0.1, 0.15) is 42.3 Å². The molecule has 3 N–H and O–H groups in total. The topological polar surface area (TPSA) is 76.2 Å². The van der Waals surface area contributed by atoms with Gasteiger partial charge in [0, 0.05) is 11.6 Å². The Morgan fingerprint density at radius 2 is 1.95 bits per heavy atom. The summed E-state index contributed by atoms with van der Waals surface area (Å²) in [4.78, 5) is 4.30. The average molecular weight is 431 g/mol. The summed E-state index contributed by atoms with van der Waals surface area (Å²) in [5.74, 6) is 0.785. The number of anilines is 1. The van der Waals surface area contributed by atoms with Gasteiger partial charge >= 0.3 is 0 Å². The number of aromatic nitrogens is 2. The second-order valence-corrected chi connectivity index (χ2v) is 6.16. The van der Waals surface area contributed by atoms with Gasteiger partial charge in [0.05, 0.1) is 6.54 Å². The SMILES string of the molecule is CCc1ccc(NC(N)=NCc2nnc(C(C)C)s2)cc1.I. The molecule has 0 saturated carbocycles. The molecule has 1 heterocycles. The molecule has 5 nitrogen and oxygen atoms in total. The predicted molar refractivity (Wildman–Crippen MR) is 104 cm³/mol. The van der Waals surface area contributed by atoms with Gasteiger partial charge in [-0.2, -0.15) is 0 Å². The smallest absolute Gasteiger partial charge is 0.193 e. The molecular formula is C15H22IN5S. The first-order valence-electron chi connectivity index (χ1n) is 7.06. The van der Waals surface area contributed by atoms with Crippen molar-refractivity contribution >= 4 is 47.0 Å². The number of hydrogen-bond acceptors (Lipinski definition) is 4. The lowest BCUT2D eigenvalue weighted by Gasteiger charge is -2.05. The van der Waals surface area contributed by atoms with E-state index in [1.54, 1.807) is 11.3 Å². The quantitative estimate of drug-likeness (QED) is 0.429. The van der Waals surface area contributed by atoms with Crippen LogP contribution in [-0.2, 0) is 13.0 Å². The van der Waals surface area contributed by atoms with Crippen LogP contribution < -0.4 is 11.1 Å². The minimum absolute atomic E-state index is 0. The molecule has 1 aromatic heterocycles. The van der Waals surface area contributed by atoms with Gasteiger partial charge in [0.25, 0.3) is 0 Å². The van der Waals surface area contributed by atoms with Gasteiger partial charge in [-0.3, -0.25) is 0 Å². The van der Waals surface area contributed by atoms with Gasteiger partial charge in [-0.1, -0.05) is 44.2 Å². The van der Waals surface area contributed by atoms with Crippen LogP contribution in [-0.4, -0.2) is 16.2 Å². The Balaban J connectivity index is 0.00000242. The van der Waals surface area contributed by atoms with Gasteiger partial charge in [-0.15, -0.1) is 34.2 Å². The summed E-state index contributed by atoms with van der Waals surface area (Å²) >= 11 is 1.58. The van der Waals surface area contributed by atoms with Gasteiger partial charge in [0.1, 0.15) is 10.0 Å². The van der Waals surface area contributed by atoms with Crippen molar-refractivity contribution < 1.29 is 0 Å². The third-order valence-electron chi connectivity index (χ3n) is 3.00. The predicted octanol–water partition coefficient (Wildman–Crippen LogP) is 3.77. The van der Waals surface area contributed by atoms with E-state index < -0.39 is 0 Å². The van der Waals surface area contributed by atoms with Crippen LogP contribution >= 0.6 is 35.3 Å². The molecule has 0 fully saturated rings. The number of aliphatic imine (C=N–C) groups is 1. The fourth-order valence-corrected chi connectivity index (χ4v) is 2.50. The molecule has 7 heteroatoms. The summed E-state index contributed by atoms with van der Waals surface area (Å²) in [7, 11) is 0. The lowest BCUT2D eigenvalue weighted by molar-refractivity contribution is 0.816. The molecule has 0 aliphatic carbocycles. The van der Waals surface area contributed by atoms with E-state index in [9.17, 15) is 0 Å². The minimum atomic E-state index is 0. The zero-order valence-electron chi connectivity index (χ0n) is 13.0. The molecule has 2 rings (SSSR count). The number of nitrogens with zero attached hydrogens (tertiary/aromatic N) is 3. The molecule has 22 heavy (non-hydrogen) atoms. The Morgan fingerprint density at radius 1 is 1.27 bits per heavy atom. The van der Waals surface area contributed by atoms with Crippen molar-refractivity contribution in [3.05, 3.63) is 39.8 Å². The highest BCUT2D eigenvalue weighted by molar-refractivity contribution is 14.0. The van der Waals surface area contributed by atoms with Gasteiger partial charge in [0.15, 0.2) is 5.96 Å². The fraction of sp³-hybridized carbons (Fsp3) is 0.400. The Bertz CT molecular complexity index is 607. The third-order valence-corrected chi connectivity index (χ3v) is 4.20. The van der Waals surface area contributed by atoms with E-state index >= 15 is 0 Å². The number of halogens is 1. The van der Waals surface area contributed by atoms with E-state index in [1.165, 1.54) is 5.56 Å². The molecule has 0 radical (unpaired) electrons. The van der Waals surface area contributed by atoms with Crippen molar-refractivity contribution in [1.29, 1.82) is 0 Å². The van der Waals surface area contributed by atoms with Crippen molar-refractivity contribution in [1.82, 2.24) is 10.2 Å². The lowest BCUT2D eigenvalue weighted by atomic mass is 10.1. The average Bonchev–Trinajstić information content (AvgIpc) is 2.95.